The van der Waals surface area contributed by atoms with Gasteiger partial charge in [-0.15, -0.1) is 0 Å². The molecule has 0 saturated heterocycles. The zero-order chi connectivity index (χ0) is 10.8. The first-order valence-electron chi connectivity index (χ1n) is 1.89. The van der Waals surface area contributed by atoms with Gasteiger partial charge in [-0.2, -0.15) is 0 Å². The maximum atomic E-state index is 8.25. The number of hydrogen-bond acceptors (Lipinski definition) is 8. The molecule has 0 aliphatic heterocycles. The molecular weight excluding hydrogens is 383 g/mol. The van der Waals surface area contributed by atoms with E-state index in [2.05, 4.69) is 0 Å². The number of hydrogen-bond donors (Lipinski definition) is 0. The van der Waals surface area contributed by atoms with Crippen LogP contribution in [0.3, 0.4) is 0 Å². The maximum Gasteiger partial charge on any atom is 4.00 e. The molecule has 0 aliphatic rings. The van der Waals surface area contributed by atoms with Crippen LogP contribution in [0.1, 0.15) is 0 Å². The largest absolute Gasteiger partial charge is 4.00 e. The Kier molecular flexibility index (Phi) is 303. The third-order valence-electron chi connectivity index (χ3n) is 0. The summed E-state index contributed by atoms with van der Waals surface area (Å²) < 4.78 is 0. The Morgan fingerprint density at radius 2 is 0.538 bits per heavy atom. The fourth-order valence-electron chi connectivity index (χ4n) is 0. The van der Waals surface area contributed by atoms with Crippen LogP contribution in [0.15, 0.2) is 0 Å². The minimum Gasteiger partial charge on any atom is -0.554 e. The fourth-order valence-corrected chi connectivity index (χ4v) is 0. The van der Waals surface area contributed by atoms with Crippen LogP contribution in [-0.4, -0.2) is 53.2 Å². The van der Waals surface area contributed by atoms with Crippen molar-refractivity contribution in [3.8, 4) is 0 Å². The molecule has 0 atom stereocenters. The molecule has 0 amide bonds. The van der Waals surface area contributed by atoms with Gasteiger partial charge < -0.3 is 39.6 Å². The minimum atomic E-state index is -0.500. The van der Waals surface area contributed by atoms with Crippen LogP contribution in [0.5, 0.6) is 0 Å². The van der Waals surface area contributed by atoms with Gasteiger partial charge in [0.2, 0.25) is 0 Å². The van der Waals surface area contributed by atoms with Gasteiger partial charge in [-0.3, -0.25) is 0 Å². The second kappa shape index (κ2) is 132. The third kappa shape index (κ3) is 583. The van der Waals surface area contributed by atoms with Crippen LogP contribution in [-0.2, 0) is 19.2 Å². The molecule has 0 fully saturated rings. The number of carboxylic acid groups (broad SMARTS) is 4. The second-order valence-electron chi connectivity index (χ2n) is 0.385. The molecule has 0 aliphatic carbocycles. The van der Waals surface area contributed by atoms with Crippen molar-refractivity contribution in [2.75, 3.05) is 0 Å². The van der Waals surface area contributed by atoms with Crippen LogP contribution in [0.25, 0.3) is 0 Å². The van der Waals surface area contributed by atoms with Gasteiger partial charge >= 0.3 is 27.3 Å². The molecule has 0 aromatic heterocycles. The zero-order valence-corrected chi connectivity index (χ0v) is 9.96. The van der Waals surface area contributed by atoms with E-state index in [0.717, 1.165) is 0 Å². The van der Waals surface area contributed by atoms with E-state index in [1.807, 2.05) is 0 Å². The summed E-state index contributed by atoms with van der Waals surface area (Å²) in [7, 11) is 0. The van der Waals surface area contributed by atoms with Gasteiger partial charge in [-0.05, 0) is 0 Å². The summed E-state index contributed by atoms with van der Waals surface area (Å²) in [6.07, 6.45) is 0. The van der Waals surface area contributed by atoms with Gasteiger partial charge in [0.1, 0.15) is 0 Å². The SMILES string of the molecule is O=C[O-].O=C[O-].O=C[O-].O=C[O-].[Pb+4]. The summed E-state index contributed by atoms with van der Waals surface area (Å²) >= 11 is 0. The molecule has 0 aromatic rings. The smallest absolute Gasteiger partial charge is 0.554 e. The summed E-state index contributed by atoms with van der Waals surface area (Å²) in [6.45, 7) is -2.00. The van der Waals surface area contributed by atoms with Crippen LogP contribution < -0.4 is 20.4 Å². The molecule has 0 aromatic carbocycles. The standard InChI is InChI=1S/4CH2O2.Pb/c4*2-1-3;/h4*1H,(H,2,3);/q;;;;+4/p-4. The first-order valence-corrected chi connectivity index (χ1v) is 1.89. The van der Waals surface area contributed by atoms with Crippen molar-refractivity contribution in [1.82, 2.24) is 0 Å². The van der Waals surface area contributed by atoms with E-state index in [-0.39, 0.29) is 27.3 Å². The zero-order valence-electron chi connectivity index (χ0n) is 6.08. The van der Waals surface area contributed by atoms with Crippen molar-refractivity contribution >= 4 is 53.2 Å². The van der Waals surface area contributed by atoms with Crippen molar-refractivity contribution in [2.45, 2.75) is 0 Å². The molecule has 0 heterocycles. The molecule has 0 rings (SSSR count). The Balaban J connectivity index is -0.0000000213. The monoisotopic (exact) mass is 388 g/mol. The van der Waals surface area contributed by atoms with Gasteiger partial charge in [-0.1, -0.05) is 0 Å². The Bertz CT molecular complexity index is 70.1. The summed E-state index contributed by atoms with van der Waals surface area (Å²) in [6, 6.07) is 0. The van der Waals surface area contributed by atoms with E-state index in [1.165, 1.54) is 0 Å². The Labute approximate surface area is 93.0 Å². The topological polar surface area (TPSA) is 161 Å². The first kappa shape index (κ1) is 29.8. The van der Waals surface area contributed by atoms with Crippen LogP contribution in [0.4, 0.5) is 0 Å². The van der Waals surface area contributed by atoms with Gasteiger partial charge in [0, 0.05) is 25.9 Å². The summed E-state index contributed by atoms with van der Waals surface area (Å²) in [5, 5.41) is 33.0. The van der Waals surface area contributed by atoms with Crippen LogP contribution in [0.2, 0.25) is 0 Å². The molecule has 8 nitrogen and oxygen atoms in total. The molecular formula is C4H4O8Pb. The Hall–Kier alpha value is -1.20. The van der Waals surface area contributed by atoms with Crippen molar-refractivity contribution in [3.63, 3.8) is 0 Å². The van der Waals surface area contributed by atoms with Gasteiger partial charge in [0.05, 0.1) is 0 Å². The van der Waals surface area contributed by atoms with E-state index in [0.29, 0.717) is 0 Å². The molecule has 0 spiro atoms. The molecule has 72 valence electrons. The van der Waals surface area contributed by atoms with Gasteiger partial charge in [0.15, 0.2) is 0 Å². The number of carbonyl (C=O) groups is 4. The van der Waals surface area contributed by atoms with E-state index in [1.54, 1.807) is 0 Å². The fraction of sp³-hybridized carbons (Fsp3) is 0. The average molecular weight is 387 g/mol. The van der Waals surface area contributed by atoms with Crippen molar-refractivity contribution in [2.24, 2.45) is 0 Å². The summed E-state index contributed by atoms with van der Waals surface area (Å²) in [4.78, 5) is 33.0. The third-order valence-corrected chi connectivity index (χ3v) is 0. The molecule has 13 heavy (non-hydrogen) atoms. The predicted octanol–water partition coefficient (Wildman–Crippen LogP) is -6.92. The molecule has 0 bridgehead atoms. The molecule has 0 radical (unpaired) electrons. The number of rotatable bonds is 0. The van der Waals surface area contributed by atoms with Crippen LogP contribution >= 0.6 is 0 Å². The van der Waals surface area contributed by atoms with Crippen molar-refractivity contribution in [1.29, 1.82) is 0 Å². The predicted molar refractivity (Wildman–Crippen MR) is 30.0 cm³/mol. The summed E-state index contributed by atoms with van der Waals surface area (Å²) in [5.41, 5.74) is 0. The molecule has 9 heteroatoms. The molecule has 0 N–H and O–H groups in total. The van der Waals surface area contributed by atoms with E-state index in [9.17, 15) is 0 Å². The second-order valence-corrected chi connectivity index (χ2v) is 0.385. The Morgan fingerprint density at radius 3 is 0.538 bits per heavy atom. The maximum absolute atomic E-state index is 8.25. The van der Waals surface area contributed by atoms with E-state index >= 15 is 0 Å². The summed E-state index contributed by atoms with van der Waals surface area (Å²) in [5.74, 6) is 0. The van der Waals surface area contributed by atoms with Crippen LogP contribution in [0, 0.1) is 0 Å². The molecule has 0 unspecified atom stereocenters. The van der Waals surface area contributed by atoms with E-state index in [4.69, 9.17) is 39.6 Å². The Morgan fingerprint density at radius 1 is 0.538 bits per heavy atom. The van der Waals surface area contributed by atoms with Crippen molar-refractivity contribution in [3.05, 3.63) is 0 Å². The first-order chi connectivity index (χ1) is 5.66. The number of carbonyl (C=O) groups excluding carboxylic acids is 4. The van der Waals surface area contributed by atoms with Crippen molar-refractivity contribution < 1.29 is 39.6 Å². The quantitative estimate of drug-likeness (QED) is 0.293. The minimum absolute atomic E-state index is 0. The average Bonchev–Trinajstić information content (AvgIpc) is 1.92. The van der Waals surface area contributed by atoms with E-state index < -0.39 is 25.9 Å². The van der Waals surface area contributed by atoms with Gasteiger partial charge in [0.25, 0.3) is 0 Å². The molecule has 0 saturated carbocycles. The van der Waals surface area contributed by atoms with Gasteiger partial charge in [-0.25, -0.2) is 0 Å². The normalized spacial score (nSPS) is 3.69.